The van der Waals surface area contributed by atoms with Crippen molar-refractivity contribution in [2.45, 2.75) is 26.1 Å². The molecule has 0 atom stereocenters. The predicted octanol–water partition coefficient (Wildman–Crippen LogP) is 1.27. The van der Waals surface area contributed by atoms with Gasteiger partial charge >= 0.3 is 6.18 Å². The van der Waals surface area contributed by atoms with Crippen molar-refractivity contribution in [1.29, 1.82) is 0 Å². The molecule has 0 aliphatic heterocycles. The van der Waals surface area contributed by atoms with Crippen LogP contribution in [0.15, 0.2) is 12.3 Å². The Hall–Kier alpha value is -1.73. The molecule has 1 aromatic heterocycles. The van der Waals surface area contributed by atoms with Gasteiger partial charge in [0.1, 0.15) is 18.9 Å². The third kappa shape index (κ3) is 4.64. The molecule has 1 aromatic rings. The van der Waals surface area contributed by atoms with Gasteiger partial charge < -0.3 is 10.6 Å². The van der Waals surface area contributed by atoms with Crippen molar-refractivity contribution < 1.29 is 18.0 Å². The molecule has 0 fully saturated rings. The Morgan fingerprint density at radius 3 is 2.67 bits per heavy atom. The Morgan fingerprint density at radius 1 is 1.56 bits per heavy atom. The van der Waals surface area contributed by atoms with Gasteiger partial charge in [-0.2, -0.15) is 18.3 Å². The number of nitrogens with zero attached hydrogens (tertiary/aromatic N) is 3. The van der Waals surface area contributed by atoms with E-state index in [1.165, 1.54) is 16.9 Å². The van der Waals surface area contributed by atoms with Crippen molar-refractivity contribution in [2.75, 3.05) is 18.8 Å². The number of hydrogen-bond donors (Lipinski definition) is 1. The van der Waals surface area contributed by atoms with E-state index in [2.05, 4.69) is 5.10 Å². The zero-order valence-electron chi connectivity index (χ0n) is 9.94. The molecule has 0 unspecified atom stereocenters. The molecule has 0 aliphatic carbocycles. The van der Waals surface area contributed by atoms with Crippen LogP contribution in [0.3, 0.4) is 0 Å². The van der Waals surface area contributed by atoms with Crippen LogP contribution in [-0.4, -0.2) is 39.9 Å². The number of rotatable bonds is 5. The van der Waals surface area contributed by atoms with Crippen LogP contribution < -0.4 is 5.73 Å². The second-order valence-corrected chi connectivity index (χ2v) is 3.87. The molecule has 18 heavy (non-hydrogen) atoms. The lowest BCUT2D eigenvalue weighted by atomic mass is 10.3. The van der Waals surface area contributed by atoms with Crippen molar-refractivity contribution in [3.05, 3.63) is 12.3 Å². The third-order valence-corrected chi connectivity index (χ3v) is 2.17. The quantitative estimate of drug-likeness (QED) is 0.871. The monoisotopic (exact) mass is 264 g/mol. The van der Waals surface area contributed by atoms with Crippen LogP contribution in [0.2, 0.25) is 0 Å². The van der Waals surface area contributed by atoms with Crippen LogP contribution in [0.25, 0.3) is 0 Å². The van der Waals surface area contributed by atoms with E-state index in [1.807, 2.05) is 0 Å². The van der Waals surface area contributed by atoms with Gasteiger partial charge in [0.25, 0.3) is 0 Å². The van der Waals surface area contributed by atoms with Gasteiger partial charge in [-0.15, -0.1) is 0 Å². The minimum Gasteiger partial charge on any atom is -0.382 e. The number of hydrogen-bond acceptors (Lipinski definition) is 3. The lowest BCUT2D eigenvalue weighted by Gasteiger charge is -2.23. The fraction of sp³-hybridized carbons (Fsp3) is 0.600. The highest BCUT2D eigenvalue weighted by Crippen LogP contribution is 2.17. The van der Waals surface area contributed by atoms with Crippen molar-refractivity contribution in [3.63, 3.8) is 0 Å². The number of carbonyl (C=O) groups excluding carboxylic acids is 1. The Balaban J connectivity index is 2.64. The molecule has 0 saturated heterocycles. The van der Waals surface area contributed by atoms with Gasteiger partial charge in [-0.25, -0.2) is 0 Å². The first-order valence-electron chi connectivity index (χ1n) is 5.45. The van der Waals surface area contributed by atoms with E-state index in [-0.39, 0.29) is 18.9 Å². The number of alkyl halides is 3. The van der Waals surface area contributed by atoms with Gasteiger partial charge in [0.05, 0.1) is 0 Å². The summed E-state index contributed by atoms with van der Waals surface area (Å²) in [5.41, 5.74) is 5.35. The van der Waals surface area contributed by atoms with Crippen molar-refractivity contribution >= 4 is 11.7 Å². The lowest BCUT2D eigenvalue weighted by molar-refractivity contribution is -0.161. The zero-order chi connectivity index (χ0) is 13.8. The van der Waals surface area contributed by atoms with Crippen LogP contribution in [0.5, 0.6) is 0 Å². The van der Waals surface area contributed by atoms with Gasteiger partial charge in [-0.3, -0.25) is 9.48 Å². The number of nitrogens with two attached hydrogens (primary N) is 1. The van der Waals surface area contributed by atoms with Crippen molar-refractivity contribution in [1.82, 2.24) is 14.7 Å². The minimum absolute atomic E-state index is 0.0646. The van der Waals surface area contributed by atoms with Crippen LogP contribution in [0.4, 0.5) is 19.0 Å². The summed E-state index contributed by atoms with van der Waals surface area (Å²) >= 11 is 0. The van der Waals surface area contributed by atoms with E-state index in [0.29, 0.717) is 6.42 Å². The molecule has 0 aliphatic rings. The molecule has 5 nitrogen and oxygen atoms in total. The summed E-state index contributed by atoms with van der Waals surface area (Å²) in [7, 11) is 0. The largest absolute Gasteiger partial charge is 0.406 e. The maximum Gasteiger partial charge on any atom is 0.406 e. The van der Waals surface area contributed by atoms with E-state index in [9.17, 15) is 18.0 Å². The van der Waals surface area contributed by atoms with Crippen LogP contribution in [0, 0.1) is 0 Å². The number of anilines is 1. The van der Waals surface area contributed by atoms with Crippen LogP contribution in [-0.2, 0) is 11.3 Å². The summed E-state index contributed by atoms with van der Waals surface area (Å²) in [5.74, 6) is -0.405. The van der Waals surface area contributed by atoms with Gasteiger partial charge in [0.2, 0.25) is 5.91 Å². The first-order valence-corrected chi connectivity index (χ1v) is 5.45. The van der Waals surface area contributed by atoms with Gasteiger partial charge in [0.15, 0.2) is 0 Å². The van der Waals surface area contributed by atoms with E-state index >= 15 is 0 Å². The van der Waals surface area contributed by atoms with E-state index in [1.54, 1.807) is 6.92 Å². The molecule has 1 heterocycles. The average Bonchev–Trinajstić information content (AvgIpc) is 2.61. The number of halogens is 3. The fourth-order valence-corrected chi connectivity index (χ4v) is 1.48. The Bertz CT molecular complexity index is 402. The highest BCUT2D eigenvalue weighted by Gasteiger charge is 2.32. The minimum atomic E-state index is -4.39. The average molecular weight is 264 g/mol. The second kappa shape index (κ2) is 5.74. The molecule has 0 aromatic carbocycles. The van der Waals surface area contributed by atoms with E-state index in [4.69, 9.17) is 5.73 Å². The van der Waals surface area contributed by atoms with Gasteiger partial charge in [-0.05, 0) is 12.5 Å². The molecule has 0 spiro atoms. The van der Waals surface area contributed by atoms with Crippen LogP contribution in [0.1, 0.15) is 13.3 Å². The number of amides is 1. The molecule has 1 rings (SSSR count). The summed E-state index contributed by atoms with van der Waals surface area (Å²) in [5, 5.41) is 3.76. The van der Waals surface area contributed by atoms with Crippen molar-refractivity contribution in [3.8, 4) is 0 Å². The summed E-state index contributed by atoms with van der Waals surface area (Å²) in [6.45, 7) is 0.293. The first kappa shape index (κ1) is 14.3. The number of carbonyl (C=O) groups is 1. The number of aromatic nitrogens is 2. The Kier molecular flexibility index (Phi) is 4.57. The SMILES string of the molecule is CCCN(CC(F)(F)F)C(=O)Cn1ccc(N)n1. The zero-order valence-corrected chi connectivity index (χ0v) is 9.94. The molecular formula is C10H15F3N4O. The topological polar surface area (TPSA) is 64.2 Å². The maximum absolute atomic E-state index is 12.3. The molecule has 0 radical (unpaired) electrons. The second-order valence-electron chi connectivity index (χ2n) is 3.87. The molecule has 8 heteroatoms. The molecule has 0 bridgehead atoms. The van der Waals surface area contributed by atoms with Crippen molar-refractivity contribution in [2.24, 2.45) is 0 Å². The van der Waals surface area contributed by atoms with E-state index in [0.717, 1.165) is 4.90 Å². The predicted molar refractivity (Wildman–Crippen MR) is 59.6 cm³/mol. The molecule has 1 amide bonds. The smallest absolute Gasteiger partial charge is 0.382 e. The molecule has 2 N–H and O–H groups in total. The highest BCUT2D eigenvalue weighted by molar-refractivity contribution is 5.76. The van der Waals surface area contributed by atoms with Crippen LogP contribution >= 0.6 is 0 Å². The molecule has 102 valence electrons. The highest BCUT2D eigenvalue weighted by atomic mass is 19.4. The maximum atomic E-state index is 12.3. The fourth-order valence-electron chi connectivity index (χ4n) is 1.48. The summed E-state index contributed by atoms with van der Waals surface area (Å²) in [6.07, 6.45) is -2.48. The summed E-state index contributed by atoms with van der Waals surface area (Å²) in [4.78, 5) is 12.5. The van der Waals surface area contributed by atoms with Gasteiger partial charge in [-0.1, -0.05) is 6.92 Å². The molecular weight excluding hydrogens is 249 g/mol. The number of nitrogen functional groups attached to an aromatic ring is 1. The standard InChI is InChI=1S/C10H15F3N4O/c1-2-4-16(7-10(11,12)13)9(18)6-17-5-3-8(14)15-17/h3,5H,2,4,6-7H2,1H3,(H2,14,15). The molecule has 0 saturated carbocycles. The Labute approximate surface area is 102 Å². The summed E-state index contributed by atoms with van der Waals surface area (Å²) < 4.78 is 38.1. The normalized spacial score (nSPS) is 11.6. The Morgan fingerprint density at radius 2 is 2.22 bits per heavy atom. The van der Waals surface area contributed by atoms with Gasteiger partial charge in [0, 0.05) is 12.7 Å². The van der Waals surface area contributed by atoms with E-state index < -0.39 is 18.6 Å². The lowest BCUT2D eigenvalue weighted by Crippen LogP contribution is -2.41. The summed E-state index contributed by atoms with van der Waals surface area (Å²) in [6, 6.07) is 1.47. The first-order chi connectivity index (χ1) is 8.31. The third-order valence-electron chi connectivity index (χ3n) is 2.17.